The van der Waals surface area contributed by atoms with Crippen LogP contribution in [0.1, 0.15) is 58.9 Å². The highest BCUT2D eigenvalue weighted by atomic mass is 16.5. The molecule has 5 nitrogen and oxygen atoms in total. The van der Waals surface area contributed by atoms with Crippen LogP contribution in [0.4, 0.5) is 0 Å². The third-order valence-electron chi connectivity index (χ3n) is 3.99. The largest absolute Gasteiger partial charge is 0.481 e. The van der Waals surface area contributed by atoms with Crippen LogP contribution in [0, 0.1) is 0 Å². The van der Waals surface area contributed by atoms with E-state index in [0.29, 0.717) is 18.1 Å². The van der Waals surface area contributed by atoms with E-state index in [0.717, 1.165) is 12.0 Å². The topological polar surface area (TPSA) is 64.6 Å². The Labute approximate surface area is 144 Å². The zero-order valence-corrected chi connectivity index (χ0v) is 15.5. The summed E-state index contributed by atoms with van der Waals surface area (Å²) < 4.78 is 10.6. The summed E-state index contributed by atoms with van der Waals surface area (Å²) in [4.78, 5) is 24.4. The lowest BCUT2D eigenvalue weighted by molar-refractivity contribution is -0.151. The molecule has 0 aliphatic carbocycles. The van der Waals surface area contributed by atoms with Crippen molar-refractivity contribution in [1.29, 1.82) is 0 Å². The summed E-state index contributed by atoms with van der Waals surface area (Å²) in [7, 11) is 1.32. The highest BCUT2D eigenvalue weighted by Gasteiger charge is 2.36. The van der Waals surface area contributed by atoms with E-state index in [9.17, 15) is 9.59 Å². The van der Waals surface area contributed by atoms with Crippen molar-refractivity contribution in [2.24, 2.45) is 0 Å². The van der Waals surface area contributed by atoms with Gasteiger partial charge >= 0.3 is 5.97 Å². The van der Waals surface area contributed by atoms with Crippen molar-refractivity contribution in [2.75, 3.05) is 7.11 Å². The lowest BCUT2D eigenvalue weighted by Crippen LogP contribution is -2.55. The highest BCUT2D eigenvalue weighted by Crippen LogP contribution is 2.21. The van der Waals surface area contributed by atoms with Crippen molar-refractivity contribution in [3.63, 3.8) is 0 Å². The van der Waals surface area contributed by atoms with Gasteiger partial charge in [-0.2, -0.15) is 0 Å². The number of methoxy groups -OCH3 is 1. The van der Waals surface area contributed by atoms with Crippen LogP contribution in [0.3, 0.4) is 0 Å². The monoisotopic (exact) mass is 335 g/mol. The molecule has 1 N–H and O–H groups in total. The van der Waals surface area contributed by atoms with Gasteiger partial charge in [-0.15, -0.1) is 0 Å². The normalized spacial score (nSPS) is 14.6. The first-order valence-corrected chi connectivity index (χ1v) is 8.40. The number of amides is 1. The predicted molar refractivity (Wildman–Crippen MR) is 94.1 cm³/mol. The van der Waals surface area contributed by atoms with Crippen LogP contribution in [0.5, 0.6) is 5.75 Å². The van der Waals surface area contributed by atoms with Crippen LogP contribution >= 0.6 is 0 Å². The molecular formula is C19H29NO4. The summed E-state index contributed by atoms with van der Waals surface area (Å²) in [6.45, 7) is 9.49. The second-order valence-corrected chi connectivity index (χ2v) is 6.55. The predicted octanol–water partition coefficient (Wildman–Crippen LogP) is 3.43. The lowest BCUT2D eigenvalue weighted by atomic mass is 9.96. The average Bonchev–Trinajstić information content (AvgIpc) is 2.54. The van der Waals surface area contributed by atoms with Crippen molar-refractivity contribution in [2.45, 2.75) is 65.0 Å². The number of hydrogen-bond acceptors (Lipinski definition) is 4. The van der Waals surface area contributed by atoms with Crippen LogP contribution in [0.2, 0.25) is 0 Å². The maximum atomic E-state index is 12.4. The van der Waals surface area contributed by atoms with Crippen molar-refractivity contribution in [1.82, 2.24) is 5.32 Å². The fourth-order valence-corrected chi connectivity index (χ4v) is 2.52. The van der Waals surface area contributed by atoms with Crippen molar-refractivity contribution >= 4 is 11.9 Å². The van der Waals surface area contributed by atoms with Gasteiger partial charge in [0, 0.05) is 0 Å². The van der Waals surface area contributed by atoms with Gasteiger partial charge in [0.15, 0.2) is 6.10 Å². The Morgan fingerprint density at radius 3 is 2.46 bits per heavy atom. The zero-order chi connectivity index (χ0) is 18.3. The van der Waals surface area contributed by atoms with Crippen LogP contribution < -0.4 is 10.1 Å². The minimum absolute atomic E-state index is 0.341. The molecule has 1 aromatic carbocycles. The Bertz CT molecular complexity index is 570. The van der Waals surface area contributed by atoms with Crippen molar-refractivity contribution in [3.8, 4) is 5.75 Å². The smallest absolute Gasteiger partial charge is 0.331 e. The lowest BCUT2D eigenvalue weighted by Gasteiger charge is -2.29. The van der Waals surface area contributed by atoms with Crippen LogP contribution in [0.25, 0.3) is 0 Å². The number of ether oxygens (including phenoxy) is 2. The standard InChI is InChI=1S/C19H29NO4/c1-7-11-19(5,18(22)23-6)20-17(21)14(4)24-16-10-8-9-15(12-16)13(2)3/h8-10,12-14H,7,11H2,1-6H3,(H,20,21). The molecule has 0 saturated heterocycles. The second kappa shape index (κ2) is 8.71. The van der Waals surface area contributed by atoms with Gasteiger partial charge < -0.3 is 14.8 Å². The van der Waals surface area contributed by atoms with Gasteiger partial charge in [-0.3, -0.25) is 4.79 Å². The number of benzene rings is 1. The van der Waals surface area contributed by atoms with E-state index in [1.807, 2.05) is 31.2 Å². The molecule has 0 saturated carbocycles. The molecule has 24 heavy (non-hydrogen) atoms. The van der Waals surface area contributed by atoms with Crippen molar-refractivity contribution < 1.29 is 19.1 Å². The molecular weight excluding hydrogens is 306 g/mol. The van der Waals surface area contributed by atoms with Crippen LogP contribution in [-0.2, 0) is 14.3 Å². The third-order valence-corrected chi connectivity index (χ3v) is 3.99. The molecule has 1 rings (SSSR count). The van der Waals surface area contributed by atoms with Gasteiger partial charge in [0.05, 0.1) is 7.11 Å². The molecule has 0 fully saturated rings. The first-order valence-electron chi connectivity index (χ1n) is 8.40. The van der Waals surface area contributed by atoms with E-state index in [1.54, 1.807) is 13.8 Å². The van der Waals surface area contributed by atoms with E-state index in [2.05, 4.69) is 19.2 Å². The van der Waals surface area contributed by atoms with Crippen LogP contribution in [0.15, 0.2) is 24.3 Å². The molecule has 0 spiro atoms. The van der Waals surface area contributed by atoms with Crippen molar-refractivity contribution in [3.05, 3.63) is 29.8 Å². The molecule has 1 amide bonds. The maximum Gasteiger partial charge on any atom is 0.331 e. The number of rotatable bonds is 8. The summed E-state index contributed by atoms with van der Waals surface area (Å²) in [5.41, 5.74) is 0.100. The molecule has 0 bridgehead atoms. The Balaban J connectivity index is 2.80. The molecule has 5 heteroatoms. The second-order valence-electron chi connectivity index (χ2n) is 6.55. The average molecular weight is 335 g/mol. The zero-order valence-electron chi connectivity index (χ0n) is 15.5. The fourth-order valence-electron chi connectivity index (χ4n) is 2.52. The van der Waals surface area contributed by atoms with Crippen LogP contribution in [-0.4, -0.2) is 30.6 Å². The molecule has 2 atom stereocenters. The Morgan fingerprint density at radius 2 is 1.92 bits per heavy atom. The summed E-state index contributed by atoms with van der Waals surface area (Å²) >= 11 is 0. The number of nitrogens with one attached hydrogen (secondary N) is 1. The summed E-state index contributed by atoms with van der Waals surface area (Å²) in [6.07, 6.45) is 0.534. The number of esters is 1. The third kappa shape index (κ3) is 5.25. The molecule has 1 aromatic rings. The summed E-state index contributed by atoms with van der Waals surface area (Å²) in [5.74, 6) is 0.224. The minimum atomic E-state index is -1.04. The summed E-state index contributed by atoms with van der Waals surface area (Å²) in [6, 6.07) is 7.68. The molecule has 0 aromatic heterocycles. The number of carbonyl (C=O) groups is 2. The fraction of sp³-hybridized carbons (Fsp3) is 0.579. The first kappa shape index (κ1) is 20.0. The Kier molecular flexibility index (Phi) is 7.26. The SMILES string of the molecule is CCCC(C)(NC(=O)C(C)Oc1cccc(C(C)C)c1)C(=O)OC. The molecule has 0 heterocycles. The Morgan fingerprint density at radius 1 is 1.25 bits per heavy atom. The number of carbonyl (C=O) groups excluding carboxylic acids is 2. The number of hydrogen-bond donors (Lipinski definition) is 1. The van der Waals surface area contributed by atoms with Gasteiger partial charge in [-0.25, -0.2) is 4.79 Å². The summed E-state index contributed by atoms with van der Waals surface area (Å²) in [5, 5.41) is 2.76. The van der Waals surface area contributed by atoms with Gasteiger partial charge in [0.1, 0.15) is 11.3 Å². The van der Waals surface area contributed by atoms with E-state index >= 15 is 0 Å². The van der Waals surface area contributed by atoms with E-state index in [1.165, 1.54) is 7.11 Å². The molecule has 0 radical (unpaired) electrons. The van der Waals surface area contributed by atoms with Gasteiger partial charge in [0.2, 0.25) is 0 Å². The van der Waals surface area contributed by atoms with E-state index in [4.69, 9.17) is 9.47 Å². The van der Waals surface area contributed by atoms with Gasteiger partial charge in [-0.05, 0) is 43.9 Å². The van der Waals surface area contributed by atoms with E-state index < -0.39 is 17.6 Å². The first-order chi connectivity index (χ1) is 11.2. The minimum Gasteiger partial charge on any atom is -0.481 e. The Hall–Kier alpha value is -2.04. The quantitative estimate of drug-likeness (QED) is 0.739. The maximum absolute atomic E-state index is 12.4. The molecule has 0 aliphatic rings. The molecule has 2 unspecified atom stereocenters. The highest BCUT2D eigenvalue weighted by molar-refractivity contribution is 5.89. The van der Waals surface area contributed by atoms with E-state index in [-0.39, 0.29) is 5.91 Å². The molecule has 0 aliphatic heterocycles. The van der Waals surface area contributed by atoms with Gasteiger partial charge in [0.25, 0.3) is 5.91 Å². The molecule has 134 valence electrons. The van der Waals surface area contributed by atoms with Gasteiger partial charge in [-0.1, -0.05) is 39.3 Å².